The van der Waals surface area contributed by atoms with E-state index >= 15 is 0 Å². The molecular weight excluding hydrogens is 324 g/mol. The number of allylic oxidation sites excluding steroid dienone is 4. The summed E-state index contributed by atoms with van der Waals surface area (Å²) in [6, 6.07) is 0. The molecule has 1 aliphatic heterocycles. The Morgan fingerprint density at radius 1 is 1.15 bits per heavy atom. The quantitative estimate of drug-likeness (QED) is 0.707. The number of piperidine rings is 1. The normalized spacial score (nSPS) is 28.8. The summed E-state index contributed by atoms with van der Waals surface area (Å²) in [5, 5.41) is 3.15. The van der Waals surface area contributed by atoms with Crippen molar-refractivity contribution < 1.29 is 9.53 Å². The van der Waals surface area contributed by atoms with Gasteiger partial charge >= 0.3 is 0 Å². The number of likely N-dealkylation sites (tertiary alicyclic amines) is 1. The molecule has 1 N–H and O–H groups in total. The molecule has 3 rings (SSSR count). The predicted octanol–water partition coefficient (Wildman–Crippen LogP) is 3.34. The van der Waals surface area contributed by atoms with Crippen LogP contribution in [0.5, 0.6) is 0 Å². The van der Waals surface area contributed by atoms with E-state index in [1.807, 2.05) is 14.0 Å². The third-order valence-electron chi connectivity index (χ3n) is 6.42. The number of Topliss-reactive ketones (excluding diaryl/α,β-unsaturated/α-hetero) is 1. The molecule has 0 atom stereocenters. The van der Waals surface area contributed by atoms with Crippen molar-refractivity contribution in [1.29, 1.82) is 0 Å². The highest BCUT2D eigenvalue weighted by Crippen LogP contribution is 2.31. The number of nitrogens with one attached hydrogen (secondary N) is 1. The first-order chi connectivity index (χ1) is 12.7. The van der Waals surface area contributed by atoms with Gasteiger partial charge in [-0.05, 0) is 88.6 Å². The van der Waals surface area contributed by atoms with Gasteiger partial charge in [-0.1, -0.05) is 12.2 Å². The van der Waals surface area contributed by atoms with Gasteiger partial charge in [0.2, 0.25) is 0 Å². The number of carbonyl (C=O) groups is 1. The SMILES string of the molecule is CNCCOC1CCC(CN2CCC(C3=CCC(=O)C(C)=C3)CC2)CC1. The van der Waals surface area contributed by atoms with Crippen LogP contribution in [-0.4, -0.2) is 56.6 Å². The molecule has 1 saturated carbocycles. The zero-order valence-corrected chi connectivity index (χ0v) is 16.6. The standard InChI is InChI=1S/C22H36N2O2/c1-17-15-20(5-8-22(17)25)19-9-12-24(13-10-19)16-18-3-6-21(7-4-18)26-14-11-23-2/h5,15,18-19,21,23H,3-4,6-14,16H2,1-2H3. The minimum atomic E-state index is 0.289. The predicted molar refractivity (Wildman–Crippen MR) is 106 cm³/mol. The lowest BCUT2D eigenvalue weighted by Gasteiger charge is -2.37. The number of hydrogen-bond donors (Lipinski definition) is 1. The Morgan fingerprint density at radius 3 is 2.54 bits per heavy atom. The average molecular weight is 361 g/mol. The molecule has 1 heterocycles. The third-order valence-corrected chi connectivity index (χ3v) is 6.42. The van der Waals surface area contributed by atoms with Crippen LogP contribution in [0.15, 0.2) is 23.3 Å². The van der Waals surface area contributed by atoms with Gasteiger partial charge in [-0.3, -0.25) is 4.79 Å². The van der Waals surface area contributed by atoms with Gasteiger partial charge in [0.1, 0.15) is 0 Å². The van der Waals surface area contributed by atoms with E-state index < -0.39 is 0 Å². The maximum Gasteiger partial charge on any atom is 0.162 e. The molecule has 146 valence electrons. The maximum atomic E-state index is 11.7. The van der Waals surface area contributed by atoms with E-state index in [1.54, 1.807) is 0 Å². The molecule has 0 spiro atoms. The summed E-state index contributed by atoms with van der Waals surface area (Å²) in [6.45, 7) is 7.44. The van der Waals surface area contributed by atoms with Crippen LogP contribution in [-0.2, 0) is 9.53 Å². The molecule has 0 aromatic carbocycles. The van der Waals surface area contributed by atoms with Crippen molar-refractivity contribution in [3.8, 4) is 0 Å². The van der Waals surface area contributed by atoms with Crippen LogP contribution in [0.25, 0.3) is 0 Å². The summed E-state index contributed by atoms with van der Waals surface area (Å²) in [5.41, 5.74) is 2.36. The fourth-order valence-corrected chi connectivity index (χ4v) is 4.67. The summed E-state index contributed by atoms with van der Waals surface area (Å²) in [7, 11) is 1.98. The van der Waals surface area contributed by atoms with E-state index in [9.17, 15) is 4.79 Å². The number of ether oxygens (including phenoxy) is 1. The van der Waals surface area contributed by atoms with Gasteiger partial charge in [-0.2, -0.15) is 0 Å². The van der Waals surface area contributed by atoms with Gasteiger partial charge in [-0.25, -0.2) is 0 Å². The Hall–Kier alpha value is -0.970. The number of carbonyl (C=O) groups excluding carboxylic acids is 1. The molecule has 26 heavy (non-hydrogen) atoms. The number of likely N-dealkylation sites (N-methyl/N-ethyl adjacent to an activating group) is 1. The number of nitrogens with zero attached hydrogens (tertiary/aromatic N) is 1. The summed E-state index contributed by atoms with van der Waals surface area (Å²) in [6.07, 6.45) is 13.0. The summed E-state index contributed by atoms with van der Waals surface area (Å²) in [4.78, 5) is 14.3. The van der Waals surface area contributed by atoms with Crippen LogP contribution in [0.4, 0.5) is 0 Å². The molecule has 3 aliphatic rings. The highest BCUT2D eigenvalue weighted by molar-refractivity contribution is 5.97. The second kappa shape index (κ2) is 9.82. The Bertz CT molecular complexity index is 524. The fraction of sp³-hybridized carbons (Fsp3) is 0.773. The third kappa shape index (κ3) is 5.51. The van der Waals surface area contributed by atoms with Gasteiger partial charge < -0.3 is 15.0 Å². The van der Waals surface area contributed by atoms with E-state index in [4.69, 9.17) is 4.74 Å². The van der Waals surface area contributed by atoms with E-state index in [0.717, 1.165) is 24.6 Å². The van der Waals surface area contributed by atoms with Crippen molar-refractivity contribution in [2.24, 2.45) is 11.8 Å². The minimum absolute atomic E-state index is 0.289. The molecule has 0 amide bonds. The van der Waals surface area contributed by atoms with Crippen molar-refractivity contribution in [3.63, 3.8) is 0 Å². The van der Waals surface area contributed by atoms with Crippen molar-refractivity contribution in [2.75, 3.05) is 39.8 Å². The lowest BCUT2D eigenvalue weighted by Crippen LogP contribution is -2.39. The summed E-state index contributed by atoms with van der Waals surface area (Å²) < 4.78 is 5.95. The largest absolute Gasteiger partial charge is 0.377 e. The second-order valence-electron chi connectivity index (χ2n) is 8.35. The number of rotatable bonds is 7. The topological polar surface area (TPSA) is 41.6 Å². The molecule has 0 radical (unpaired) electrons. The highest BCUT2D eigenvalue weighted by Gasteiger charge is 2.27. The number of ketones is 1. The first-order valence-electron chi connectivity index (χ1n) is 10.6. The maximum absolute atomic E-state index is 11.7. The van der Waals surface area contributed by atoms with Crippen LogP contribution in [0.3, 0.4) is 0 Å². The van der Waals surface area contributed by atoms with Crippen LogP contribution in [0.1, 0.15) is 51.9 Å². The van der Waals surface area contributed by atoms with Crippen LogP contribution < -0.4 is 5.32 Å². The molecular formula is C22H36N2O2. The van der Waals surface area contributed by atoms with E-state index in [0.29, 0.717) is 18.4 Å². The molecule has 1 saturated heterocycles. The van der Waals surface area contributed by atoms with Gasteiger partial charge in [-0.15, -0.1) is 0 Å². The lowest BCUT2D eigenvalue weighted by molar-refractivity contribution is -0.114. The van der Waals surface area contributed by atoms with Gasteiger partial charge in [0.25, 0.3) is 0 Å². The van der Waals surface area contributed by atoms with Crippen molar-refractivity contribution in [2.45, 2.75) is 58.0 Å². The van der Waals surface area contributed by atoms with Crippen LogP contribution >= 0.6 is 0 Å². The van der Waals surface area contributed by atoms with Gasteiger partial charge in [0, 0.05) is 19.5 Å². The molecule has 2 fully saturated rings. The zero-order chi connectivity index (χ0) is 18.4. The molecule has 4 heteroatoms. The molecule has 4 nitrogen and oxygen atoms in total. The highest BCUT2D eigenvalue weighted by atomic mass is 16.5. The second-order valence-corrected chi connectivity index (χ2v) is 8.35. The molecule has 0 aromatic heterocycles. The molecule has 0 bridgehead atoms. The van der Waals surface area contributed by atoms with E-state index in [1.165, 1.54) is 63.7 Å². The minimum Gasteiger partial charge on any atom is -0.377 e. The van der Waals surface area contributed by atoms with Crippen LogP contribution in [0.2, 0.25) is 0 Å². The molecule has 0 unspecified atom stereocenters. The van der Waals surface area contributed by atoms with Crippen molar-refractivity contribution >= 4 is 5.78 Å². The number of hydrogen-bond acceptors (Lipinski definition) is 4. The monoisotopic (exact) mass is 360 g/mol. The van der Waals surface area contributed by atoms with Crippen LogP contribution in [0, 0.1) is 11.8 Å². The summed E-state index contributed by atoms with van der Waals surface area (Å²) in [5.74, 6) is 1.80. The zero-order valence-electron chi connectivity index (χ0n) is 16.6. The van der Waals surface area contributed by atoms with Gasteiger partial charge in [0.05, 0.1) is 12.7 Å². The van der Waals surface area contributed by atoms with E-state index in [2.05, 4.69) is 22.4 Å². The fourth-order valence-electron chi connectivity index (χ4n) is 4.67. The lowest BCUT2D eigenvalue weighted by atomic mass is 9.83. The van der Waals surface area contributed by atoms with Crippen molar-refractivity contribution in [3.05, 3.63) is 23.3 Å². The van der Waals surface area contributed by atoms with Gasteiger partial charge in [0.15, 0.2) is 5.78 Å². The smallest absolute Gasteiger partial charge is 0.162 e. The van der Waals surface area contributed by atoms with Crippen molar-refractivity contribution in [1.82, 2.24) is 10.2 Å². The Morgan fingerprint density at radius 2 is 1.88 bits per heavy atom. The summed E-state index contributed by atoms with van der Waals surface area (Å²) >= 11 is 0. The molecule has 2 aliphatic carbocycles. The van der Waals surface area contributed by atoms with E-state index in [-0.39, 0.29) is 5.78 Å². The Balaban J connectivity index is 1.35. The molecule has 0 aromatic rings. The average Bonchev–Trinajstić information content (AvgIpc) is 2.66. The first-order valence-corrected chi connectivity index (χ1v) is 10.6. The Kier molecular flexibility index (Phi) is 7.47. The Labute approximate surface area is 159 Å². The first kappa shape index (κ1) is 19.8.